The quantitative estimate of drug-likeness (QED) is 0.542. The third kappa shape index (κ3) is 4.19. The minimum atomic E-state index is -0.631. The molecule has 0 aliphatic carbocycles. The molecule has 0 atom stereocenters. The first-order valence-electron chi connectivity index (χ1n) is 6.83. The van der Waals surface area contributed by atoms with E-state index in [-0.39, 0.29) is 25.0 Å². The summed E-state index contributed by atoms with van der Waals surface area (Å²) >= 11 is 0. The predicted molar refractivity (Wildman–Crippen MR) is 70.7 cm³/mol. The van der Waals surface area contributed by atoms with E-state index in [1.54, 1.807) is 6.92 Å². The normalized spacial score (nSPS) is 15.8. The van der Waals surface area contributed by atoms with Crippen LogP contribution in [-0.2, 0) is 19.1 Å². The Morgan fingerprint density at radius 3 is 2.40 bits per heavy atom. The lowest BCUT2D eigenvalue weighted by atomic mass is 9.97. The van der Waals surface area contributed by atoms with E-state index in [1.807, 2.05) is 0 Å². The van der Waals surface area contributed by atoms with Crippen LogP contribution in [0.5, 0.6) is 0 Å². The number of rotatable bonds is 4. The standard InChI is InChI=1S/C13H22N2O5/c1-3-20-13(19)10-4-6-15(7-5-10)12(18)11(17)14(2)8-9-16/h10,16H,3-9H2,1-2H3. The maximum atomic E-state index is 12.0. The predicted octanol–water partition coefficient (Wildman–Crippen LogP) is -0.761. The molecular formula is C13H22N2O5. The Bertz CT molecular complexity index is 364. The van der Waals surface area contributed by atoms with E-state index < -0.39 is 11.8 Å². The van der Waals surface area contributed by atoms with Gasteiger partial charge >= 0.3 is 17.8 Å². The van der Waals surface area contributed by atoms with Crippen molar-refractivity contribution < 1.29 is 24.2 Å². The van der Waals surface area contributed by atoms with Gasteiger partial charge < -0.3 is 19.6 Å². The summed E-state index contributed by atoms with van der Waals surface area (Å²) in [5.41, 5.74) is 0. The van der Waals surface area contributed by atoms with Gasteiger partial charge in [0.25, 0.3) is 0 Å². The van der Waals surface area contributed by atoms with Gasteiger partial charge in [0.05, 0.1) is 19.1 Å². The van der Waals surface area contributed by atoms with E-state index in [1.165, 1.54) is 16.8 Å². The number of esters is 1. The van der Waals surface area contributed by atoms with E-state index in [0.29, 0.717) is 32.5 Å². The lowest BCUT2D eigenvalue weighted by molar-refractivity contribution is -0.155. The van der Waals surface area contributed by atoms with E-state index in [2.05, 4.69) is 0 Å². The van der Waals surface area contributed by atoms with Crippen molar-refractivity contribution in [1.29, 1.82) is 0 Å². The molecule has 1 saturated heterocycles. The van der Waals surface area contributed by atoms with Gasteiger partial charge in [-0.2, -0.15) is 0 Å². The summed E-state index contributed by atoms with van der Waals surface area (Å²) in [7, 11) is 1.47. The van der Waals surface area contributed by atoms with Crippen LogP contribution in [0.1, 0.15) is 19.8 Å². The van der Waals surface area contributed by atoms with Crippen molar-refractivity contribution in [1.82, 2.24) is 9.80 Å². The van der Waals surface area contributed by atoms with Gasteiger partial charge in [0, 0.05) is 26.7 Å². The van der Waals surface area contributed by atoms with Crippen LogP contribution in [0.15, 0.2) is 0 Å². The molecule has 7 nitrogen and oxygen atoms in total. The van der Waals surface area contributed by atoms with Gasteiger partial charge in [-0.1, -0.05) is 0 Å². The molecule has 0 unspecified atom stereocenters. The molecular weight excluding hydrogens is 264 g/mol. The van der Waals surface area contributed by atoms with Gasteiger partial charge in [-0.3, -0.25) is 14.4 Å². The molecule has 7 heteroatoms. The Morgan fingerprint density at radius 1 is 1.30 bits per heavy atom. The zero-order chi connectivity index (χ0) is 15.1. The first-order valence-corrected chi connectivity index (χ1v) is 6.83. The van der Waals surface area contributed by atoms with Crippen molar-refractivity contribution in [3.63, 3.8) is 0 Å². The Balaban J connectivity index is 2.46. The summed E-state index contributed by atoms with van der Waals surface area (Å²) in [5, 5.41) is 8.75. The first-order chi connectivity index (χ1) is 9.51. The average molecular weight is 286 g/mol. The van der Waals surface area contributed by atoms with Crippen LogP contribution in [0.2, 0.25) is 0 Å². The third-order valence-electron chi connectivity index (χ3n) is 3.37. The van der Waals surface area contributed by atoms with Gasteiger partial charge in [-0.15, -0.1) is 0 Å². The zero-order valence-electron chi connectivity index (χ0n) is 12.0. The Hall–Kier alpha value is -1.63. The van der Waals surface area contributed by atoms with E-state index >= 15 is 0 Å². The van der Waals surface area contributed by atoms with Crippen molar-refractivity contribution in [2.45, 2.75) is 19.8 Å². The zero-order valence-corrected chi connectivity index (χ0v) is 12.0. The number of piperidine rings is 1. The highest BCUT2D eigenvalue weighted by Gasteiger charge is 2.31. The summed E-state index contributed by atoms with van der Waals surface area (Å²) in [6.07, 6.45) is 1.03. The van der Waals surface area contributed by atoms with Crippen LogP contribution in [0.3, 0.4) is 0 Å². The number of nitrogens with zero attached hydrogens (tertiary/aromatic N) is 2. The number of ether oxygens (including phenoxy) is 1. The smallest absolute Gasteiger partial charge is 0.312 e. The van der Waals surface area contributed by atoms with Gasteiger partial charge in [-0.25, -0.2) is 0 Å². The number of likely N-dealkylation sites (tertiary alicyclic amines) is 1. The third-order valence-corrected chi connectivity index (χ3v) is 3.37. The van der Waals surface area contributed by atoms with Crippen LogP contribution < -0.4 is 0 Å². The fourth-order valence-electron chi connectivity index (χ4n) is 2.13. The van der Waals surface area contributed by atoms with Crippen LogP contribution in [0.25, 0.3) is 0 Å². The summed E-state index contributed by atoms with van der Waals surface area (Å²) in [5.74, 6) is -1.63. The molecule has 0 radical (unpaired) electrons. The minimum absolute atomic E-state index is 0.129. The molecule has 0 saturated carbocycles. The molecule has 2 amide bonds. The van der Waals surface area contributed by atoms with Crippen LogP contribution in [-0.4, -0.2) is 72.6 Å². The average Bonchev–Trinajstić information content (AvgIpc) is 2.46. The number of aliphatic hydroxyl groups is 1. The van der Waals surface area contributed by atoms with Crippen LogP contribution >= 0.6 is 0 Å². The number of amides is 2. The molecule has 1 fully saturated rings. The van der Waals surface area contributed by atoms with Crippen molar-refractivity contribution >= 4 is 17.8 Å². The molecule has 1 N–H and O–H groups in total. The number of likely N-dealkylation sites (N-methyl/N-ethyl adjacent to an activating group) is 1. The van der Waals surface area contributed by atoms with E-state index in [4.69, 9.17) is 9.84 Å². The highest BCUT2D eigenvalue weighted by molar-refractivity contribution is 6.34. The van der Waals surface area contributed by atoms with Gasteiger partial charge in [0.2, 0.25) is 0 Å². The highest BCUT2D eigenvalue weighted by Crippen LogP contribution is 2.19. The first kappa shape index (κ1) is 16.4. The van der Waals surface area contributed by atoms with E-state index in [9.17, 15) is 14.4 Å². The second-order valence-corrected chi connectivity index (χ2v) is 4.77. The SMILES string of the molecule is CCOC(=O)C1CCN(C(=O)C(=O)N(C)CCO)CC1. The molecule has 1 heterocycles. The molecule has 1 rings (SSSR count). The number of hydrogen-bond acceptors (Lipinski definition) is 5. The van der Waals surface area contributed by atoms with E-state index in [0.717, 1.165) is 0 Å². The van der Waals surface area contributed by atoms with Crippen molar-refractivity contribution in [2.24, 2.45) is 5.92 Å². The lowest BCUT2D eigenvalue weighted by Gasteiger charge is -2.31. The maximum Gasteiger partial charge on any atom is 0.312 e. The highest BCUT2D eigenvalue weighted by atomic mass is 16.5. The fraction of sp³-hybridized carbons (Fsp3) is 0.769. The summed E-state index contributed by atoms with van der Waals surface area (Å²) in [6, 6.07) is 0. The van der Waals surface area contributed by atoms with Crippen molar-refractivity contribution in [2.75, 3.05) is 39.9 Å². The molecule has 1 aliphatic rings. The number of carbonyl (C=O) groups is 3. The Kier molecular flexibility index (Phi) is 6.44. The lowest BCUT2D eigenvalue weighted by Crippen LogP contribution is -2.48. The topological polar surface area (TPSA) is 87.2 Å². The minimum Gasteiger partial charge on any atom is -0.466 e. The summed E-state index contributed by atoms with van der Waals surface area (Å²) in [4.78, 5) is 38.0. The van der Waals surface area contributed by atoms with Crippen molar-refractivity contribution in [3.05, 3.63) is 0 Å². The second-order valence-electron chi connectivity index (χ2n) is 4.77. The number of carbonyl (C=O) groups excluding carboxylic acids is 3. The largest absolute Gasteiger partial charge is 0.466 e. The number of aliphatic hydroxyl groups excluding tert-OH is 1. The van der Waals surface area contributed by atoms with Crippen molar-refractivity contribution in [3.8, 4) is 0 Å². The second kappa shape index (κ2) is 7.84. The Morgan fingerprint density at radius 2 is 1.90 bits per heavy atom. The number of hydrogen-bond donors (Lipinski definition) is 1. The molecule has 114 valence electrons. The van der Waals surface area contributed by atoms with Gasteiger partial charge in [0.15, 0.2) is 0 Å². The summed E-state index contributed by atoms with van der Waals surface area (Å²) in [6.45, 7) is 2.81. The fourth-order valence-corrected chi connectivity index (χ4v) is 2.13. The molecule has 0 aromatic rings. The monoisotopic (exact) mass is 286 g/mol. The Labute approximate surface area is 118 Å². The maximum absolute atomic E-state index is 12.0. The molecule has 0 aromatic heterocycles. The van der Waals surface area contributed by atoms with Gasteiger partial charge in [0.1, 0.15) is 0 Å². The molecule has 0 aromatic carbocycles. The molecule has 1 aliphatic heterocycles. The molecule has 0 spiro atoms. The summed E-state index contributed by atoms with van der Waals surface area (Å²) < 4.78 is 4.95. The van der Waals surface area contributed by atoms with Crippen LogP contribution in [0.4, 0.5) is 0 Å². The molecule has 20 heavy (non-hydrogen) atoms. The molecule has 0 bridgehead atoms. The van der Waals surface area contributed by atoms with Gasteiger partial charge in [-0.05, 0) is 19.8 Å². The van der Waals surface area contributed by atoms with Crippen LogP contribution in [0, 0.1) is 5.92 Å².